The van der Waals surface area contributed by atoms with Crippen molar-refractivity contribution >= 4 is 5.91 Å². The Labute approximate surface area is 297 Å². The van der Waals surface area contributed by atoms with Crippen molar-refractivity contribution in [2.75, 3.05) is 6.61 Å². The van der Waals surface area contributed by atoms with Crippen molar-refractivity contribution < 1.29 is 25.2 Å². The number of allylic oxidation sites excluding steroid dienone is 4. The van der Waals surface area contributed by atoms with Crippen LogP contribution in [0.5, 0.6) is 0 Å². The highest BCUT2D eigenvalue weighted by Gasteiger charge is 2.28. The number of carbonyl (C=O) groups is 1. The molecule has 0 aliphatic heterocycles. The molecule has 0 saturated carbocycles. The van der Waals surface area contributed by atoms with Gasteiger partial charge in [0.2, 0.25) is 5.91 Å². The number of rotatable bonds is 37. The monoisotopic (exact) mass is 680 g/mol. The van der Waals surface area contributed by atoms with E-state index in [-0.39, 0.29) is 0 Å². The first-order chi connectivity index (χ1) is 23.5. The van der Waals surface area contributed by atoms with Crippen LogP contribution in [0.2, 0.25) is 0 Å². The molecule has 6 heteroatoms. The number of aliphatic hydroxyl groups is 4. The van der Waals surface area contributed by atoms with E-state index in [0.29, 0.717) is 12.8 Å². The van der Waals surface area contributed by atoms with Crippen LogP contribution in [0.1, 0.15) is 206 Å². The third kappa shape index (κ3) is 30.8. The van der Waals surface area contributed by atoms with Crippen LogP contribution in [0.25, 0.3) is 0 Å². The molecule has 4 unspecified atom stereocenters. The van der Waals surface area contributed by atoms with Crippen molar-refractivity contribution in [3.8, 4) is 0 Å². The highest BCUT2D eigenvalue weighted by atomic mass is 16.3. The average molecular weight is 680 g/mol. The molecular formula is C42H81NO5. The Morgan fingerprint density at radius 3 is 1.25 bits per heavy atom. The minimum absolute atomic E-state index is 0.357. The lowest BCUT2D eigenvalue weighted by Crippen LogP contribution is -2.53. The summed E-state index contributed by atoms with van der Waals surface area (Å²) in [5.74, 6) is -0.599. The summed E-state index contributed by atoms with van der Waals surface area (Å²) >= 11 is 0. The second-order valence-corrected chi connectivity index (χ2v) is 14.3. The quantitative estimate of drug-likeness (QED) is 0.0332. The van der Waals surface area contributed by atoms with Gasteiger partial charge in [-0.05, 0) is 64.2 Å². The first-order valence-corrected chi connectivity index (χ1v) is 20.7. The molecule has 0 aliphatic rings. The summed E-state index contributed by atoms with van der Waals surface area (Å²) < 4.78 is 0. The van der Waals surface area contributed by atoms with Crippen molar-refractivity contribution in [3.63, 3.8) is 0 Å². The predicted molar refractivity (Wildman–Crippen MR) is 205 cm³/mol. The standard InChI is InChI=1S/C42H81NO5/c1-3-5-7-9-11-13-15-17-18-19-20-21-22-24-26-28-30-32-34-36-40(46)42(48)43-38(37-44)41(47)39(45)35-33-31-29-27-25-23-16-14-12-10-8-6-4-2/h20-21,27,29,38-41,44-47H,3-19,22-26,28,30-37H2,1-2H3,(H,43,48)/b21-20-,29-27+. The van der Waals surface area contributed by atoms with Crippen LogP contribution in [0.4, 0.5) is 0 Å². The maximum Gasteiger partial charge on any atom is 0.249 e. The molecule has 5 N–H and O–H groups in total. The van der Waals surface area contributed by atoms with Crippen molar-refractivity contribution in [3.05, 3.63) is 24.3 Å². The summed E-state index contributed by atoms with van der Waals surface area (Å²) in [6.45, 7) is 4.02. The van der Waals surface area contributed by atoms with E-state index in [1.165, 1.54) is 135 Å². The number of hydrogen-bond donors (Lipinski definition) is 5. The van der Waals surface area contributed by atoms with Gasteiger partial charge in [-0.1, -0.05) is 167 Å². The molecular weight excluding hydrogens is 598 g/mol. The fraction of sp³-hybridized carbons (Fsp3) is 0.881. The number of aliphatic hydroxyl groups excluding tert-OH is 4. The van der Waals surface area contributed by atoms with Crippen LogP contribution >= 0.6 is 0 Å². The lowest BCUT2D eigenvalue weighted by atomic mass is 10.00. The molecule has 0 rings (SSSR count). The van der Waals surface area contributed by atoms with Crippen LogP contribution in [0, 0.1) is 0 Å². The van der Waals surface area contributed by atoms with E-state index in [0.717, 1.165) is 44.9 Å². The van der Waals surface area contributed by atoms with E-state index in [4.69, 9.17) is 0 Å². The van der Waals surface area contributed by atoms with Crippen molar-refractivity contribution in [2.45, 2.75) is 231 Å². The van der Waals surface area contributed by atoms with Crippen LogP contribution in [0.15, 0.2) is 24.3 Å². The molecule has 0 spiro atoms. The molecule has 0 aliphatic carbocycles. The highest BCUT2D eigenvalue weighted by molar-refractivity contribution is 5.80. The second-order valence-electron chi connectivity index (χ2n) is 14.3. The molecule has 0 bridgehead atoms. The molecule has 0 aromatic carbocycles. The molecule has 0 heterocycles. The van der Waals surface area contributed by atoms with E-state index in [2.05, 4.69) is 43.5 Å². The highest BCUT2D eigenvalue weighted by Crippen LogP contribution is 2.14. The summed E-state index contributed by atoms with van der Waals surface area (Å²) in [7, 11) is 0. The molecule has 6 nitrogen and oxygen atoms in total. The largest absolute Gasteiger partial charge is 0.394 e. The van der Waals surface area contributed by atoms with E-state index < -0.39 is 36.9 Å². The summed E-state index contributed by atoms with van der Waals surface area (Å²) in [6.07, 6.45) is 40.6. The van der Waals surface area contributed by atoms with Crippen LogP contribution in [-0.4, -0.2) is 57.3 Å². The fourth-order valence-electron chi connectivity index (χ4n) is 6.28. The predicted octanol–water partition coefficient (Wildman–Crippen LogP) is 10.4. The second kappa shape index (κ2) is 37.1. The molecule has 1 amide bonds. The molecule has 0 aromatic rings. The zero-order valence-corrected chi connectivity index (χ0v) is 31.7. The van der Waals surface area contributed by atoms with Gasteiger partial charge < -0.3 is 25.7 Å². The summed E-state index contributed by atoms with van der Waals surface area (Å²) in [5.41, 5.74) is 0. The maximum atomic E-state index is 12.5. The van der Waals surface area contributed by atoms with Gasteiger partial charge in [0.25, 0.3) is 0 Å². The van der Waals surface area contributed by atoms with Crippen molar-refractivity contribution in [1.82, 2.24) is 5.32 Å². The Kier molecular flexibility index (Phi) is 36.1. The Balaban J connectivity index is 3.80. The first kappa shape index (κ1) is 46.8. The minimum Gasteiger partial charge on any atom is -0.394 e. The number of carbonyl (C=O) groups excluding carboxylic acids is 1. The van der Waals surface area contributed by atoms with Gasteiger partial charge in [0, 0.05) is 0 Å². The van der Waals surface area contributed by atoms with E-state index in [1.54, 1.807) is 0 Å². The smallest absolute Gasteiger partial charge is 0.249 e. The topological polar surface area (TPSA) is 110 Å². The van der Waals surface area contributed by atoms with Gasteiger partial charge in [-0.2, -0.15) is 0 Å². The van der Waals surface area contributed by atoms with Gasteiger partial charge in [0.15, 0.2) is 0 Å². The number of hydrogen-bond acceptors (Lipinski definition) is 5. The molecule has 0 saturated heterocycles. The van der Waals surface area contributed by atoms with Gasteiger partial charge in [0.1, 0.15) is 12.2 Å². The van der Waals surface area contributed by atoms with E-state index in [9.17, 15) is 25.2 Å². The zero-order chi connectivity index (χ0) is 35.3. The Hall–Kier alpha value is -1.21. The number of nitrogens with one attached hydrogen (secondary N) is 1. The lowest BCUT2D eigenvalue weighted by molar-refractivity contribution is -0.132. The summed E-state index contributed by atoms with van der Waals surface area (Å²) in [4.78, 5) is 12.5. The van der Waals surface area contributed by atoms with Gasteiger partial charge in [0.05, 0.1) is 18.8 Å². The van der Waals surface area contributed by atoms with Crippen LogP contribution < -0.4 is 5.32 Å². The van der Waals surface area contributed by atoms with Crippen LogP contribution in [-0.2, 0) is 4.79 Å². The van der Waals surface area contributed by atoms with Crippen LogP contribution in [0.3, 0.4) is 0 Å². The Morgan fingerprint density at radius 1 is 0.500 bits per heavy atom. The molecule has 48 heavy (non-hydrogen) atoms. The number of unbranched alkanes of at least 4 members (excludes halogenated alkanes) is 24. The van der Waals surface area contributed by atoms with E-state index >= 15 is 0 Å². The molecule has 4 atom stereocenters. The lowest BCUT2D eigenvalue weighted by Gasteiger charge is -2.27. The van der Waals surface area contributed by atoms with E-state index in [1.807, 2.05) is 0 Å². The van der Waals surface area contributed by atoms with Crippen molar-refractivity contribution in [1.29, 1.82) is 0 Å². The van der Waals surface area contributed by atoms with Gasteiger partial charge in [-0.3, -0.25) is 4.79 Å². The molecule has 0 fully saturated rings. The molecule has 0 radical (unpaired) electrons. The fourth-order valence-corrected chi connectivity index (χ4v) is 6.28. The minimum atomic E-state index is -1.28. The first-order valence-electron chi connectivity index (χ1n) is 20.7. The van der Waals surface area contributed by atoms with Gasteiger partial charge >= 0.3 is 0 Å². The summed E-state index contributed by atoms with van der Waals surface area (Å²) in [5, 5.41) is 43.5. The Bertz CT molecular complexity index is 727. The molecule has 0 aromatic heterocycles. The number of amides is 1. The normalized spacial score (nSPS) is 14.5. The SMILES string of the molecule is CCCCCCCCCC/C=C/CCCC(O)C(O)C(CO)NC(=O)C(O)CCCCCCCC/C=C\CCCCCCCCCCC. The third-order valence-corrected chi connectivity index (χ3v) is 9.63. The third-order valence-electron chi connectivity index (χ3n) is 9.63. The Morgan fingerprint density at radius 2 is 0.854 bits per heavy atom. The van der Waals surface area contributed by atoms with Gasteiger partial charge in [-0.25, -0.2) is 0 Å². The van der Waals surface area contributed by atoms with Gasteiger partial charge in [-0.15, -0.1) is 0 Å². The summed E-state index contributed by atoms with van der Waals surface area (Å²) in [6, 6.07) is -1.00. The zero-order valence-electron chi connectivity index (χ0n) is 31.7. The average Bonchev–Trinajstić information content (AvgIpc) is 3.09. The molecule has 284 valence electrons. The maximum absolute atomic E-state index is 12.5. The van der Waals surface area contributed by atoms with Crippen molar-refractivity contribution in [2.24, 2.45) is 0 Å².